The molecule has 31 heavy (non-hydrogen) atoms. The van der Waals surface area contributed by atoms with Crippen LogP contribution < -0.4 is 10.2 Å². The average molecular weight is 419 g/mol. The number of phenolic OH excluding ortho intramolecular Hbond substituents is 1. The van der Waals surface area contributed by atoms with Crippen molar-refractivity contribution in [3.8, 4) is 17.0 Å². The number of rotatable bonds is 6. The number of carbonyl (C=O) groups is 1. The topological polar surface area (TPSA) is 84.5 Å². The lowest BCUT2D eigenvalue weighted by molar-refractivity contribution is -0.945. The minimum absolute atomic E-state index is 0.0994. The van der Waals surface area contributed by atoms with E-state index in [4.69, 9.17) is 0 Å². The minimum atomic E-state index is 0.0994. The molecule has 1 unspecified atom stereocenters. The molecule has 3 aliphatic rings. The summed E-state index contributed by atoms with van der Waals surface area (Å²) in [5, 5.41) is 21.4. The second-order valence-corrected chi connectivity index (χ2v) is 8.78. The van der Waals surface area contributed by atoms with Crippen LogP contribution in [0.2, 0.25) is 0 Å². The summed E-state index contributed by atoms with van der Waals surface area (Å²) in [5.74, 6) is 0.954. The van der Waals surface area contributed by atoms with Crippen molar-refractivity contribution in [1.29, 1.82) is 0 Å². The summed E-state index contributed by atoms with van der Waals surface area (Å²) in [5.41, 5.74) is 2.76. The van der Waals surface area contributed by atoms with E-state index in [0.717, 1.165) is 49.3 Å². The van der Waals surface area contributed by atoms with Gasteiger partial charge in [-0.25, -0.2) is 4.68 Å². The largest absolute Gasteiger partial charge is 0.508 e. The Balaban J connectivity index is 1.19. The lowest BCUT2D eigenvalue weighted by Crippen LogP contribution is -3.20. The third kappa shape index (κ3) is 4.32. The Morgan fingerprint density at radius 2 is 2.06 bits per heavy atom. The second-order valence-electron chi connectivity index (χ2n) is 8.78. The molecule has 3 N–H and O–H groups in total. The van der Waals surface area contributed by atoms with E-state index in [1.165, 1.54) is 4.90 Å². The zero-order chi connectivity index (χ0) is 21.2. The van der Waals surface area contributed by atoms with Gasteiger partial charge in [-0.3, -0.25) is 4.79 Å². The number of phenols is 1. The fourth-order valence-corrected chi connectivity index (χ4v) is 5.15. The monoisotopic (exact) mass is 418 g/mol. The number of fused-ring (bicyclic) bond motifs is 3. The Hall–Kier alpha value is -3.19. The Labute approximate surface area is 181 Å². The van der Waals surface area contributed by atoms with E-state index in [1.54, 1.807) is 12.1 Å². The first-order chi connectivity index (χ1) is 15.2. The smallest absolute Gasteiger partial charge is 0.229 e. The van der Waals surface area contributed by atoms with E-state index in [-0.39, 0.29) is 17.6 Å². The summed E-state index contributed by atoms with van der Waals surface area (Å²) in [6.45, 7) is 3.41. The molecule has 160 valence electrons. The highest BCUT2D eigenvalue weighted by atomic mass is 16.3. The highest BCUT2D eigenvalue weighted by Gasteiger charge is 2.46. The van der Waals surface area contributed by atoms with Crippen molar-refractivity contribution in [2.45, 2.75) is 32.0 Å². The van der Waals surface area contributed by atoms with Crippen molar-refractivity contribution in [3.05, 3.63) is 66.4 Å². The maximum absolute atomic E-state index is 12.8. The first-order valence-electron chi connectivity index (χ1n) is 11.0. The van der Waals surface area contributed by atoms with Crippen LogP contribution in [0, 0.1) is 11.8 Å². The van der Waals surface area contributed by atoms with Crippen molar-refractivity contribution in [1.82, 2.24) is 20.3 Å². The van der Waals surface area contributed by atoms with Gasteiger partial charge >= 0.3 is 0 Å². The quantitative estimate of drug-likeness (QED) is 0.563. The third-order valence-electron chi connectivity index (χ3n) is 6.79. The first-order valence-corrected chi connectivity index (χ1v) is 11.0. The molecule has 4 atom stereocenters. The van der Waals surface area contributed by atoms with Gasteiger partial charge in [-0.15, -0.1) is 5.10 Å². The molecule has 0 spiro atoms. The average Bonchev–Trinajstić information content (AvgIpc) is 3.27. The van der Waals surface area contributed by atoms with Crippen LogP contribution in [0.4, 0.5) is 0 Å². The lowest BCUT2D eigenvalue weighted by atomic mass is 9.75. The van der Waals surface area contributed by atoms with Gasteiger partial charge in [0, 0.05) is 24.9 Å². The molecule has 1 aromatic heterocycles. The molecule has 2 bridgehead atoms. The van der Waals surface area contributed by atoms with Gasteiger partial charge in [0.1, 0.15) is 17.5 Å². The summed E-state index contributed by atoms with van der Waals surface area (Å²) in [6.07, 6.45) is 4.10. The number of quaternary nitrogens is 1. The van der Waals surface area contributed by atoms with Crippen LogP contribution in [0.25, 0.3) is 11.3 Å². The van der Waals surface area contributed by atoms with Crippen molar-refractivity contribution in [2.75, 3.05) is 13.1 Å². The lowest BCUT2D eigenvalue weighted by Gasteiger charge is -2.46. The second kappa shape index (κ2) is 8.51. The van der Waals surface area contributed by atoms with E-state index >= 15 is 0 Å². The molecule has 3 aliphatic heterocycles. The van der Waals surface area contributed by atoms with E-state index in [1.807, 2.05) is 53.3 Å². The molecule has 7 nitrogen and oxygen atoms in total. The van der Waals surface area contributed by atoms with E-state index in [9.17, 15) is 9.90 Å². The molecule has 0 aliphatic carbocycles. The van der Waals surface area contributed by atoms with Crippen LogP contribution in [0.1, 0.15) is 18.4 Å². The highest BCUT2D eigenvalue weighted by molar-refractivity contribution is 5.79. The summed E-state index contributed by atoms with van der Waals surface area (Å²) >= 11 is 0. The molecular weight excluding hydrogens is 390 g/mol. The molecule has 1 amide bonds. The van der Waals surface area contributed by atoms with E-state index in [0.29, 0.717) is 18.5 Å². The molecule has 3 fully saturated rings. The van der Waals surface area contributed by atoms with Gasteiger partial charge in [0.15, 0.2) is 0 Å². The van der Waals surface area contributed by atoms with Crippen LogP contribution in [-0.4, -0.2) is 45.1 Å². The van der Waals surface area contributed by atoms with Crippen molar-refractivity contribution in [2.24, 2.45) is 11.8 Å². The normalized spacial score (nSPS) is 24.8. The Morgan fingerprint density at radius 1 is 1.19 bits per heavy atom. The SMILES string of the molecule is O=C(NCc1ccccc1)[C@H]1C[NH+]2CC[C@@H]1C[C@@H]2Cn1cc(-c2cccc(O)c2)nn1. The number of hydrogen-bond donors (Lipinski definition) is 3. The number of aromatic nitrogens is 3. The Bertz CT molecular complexity index is 1050. The van der Waals surface area contributed by atoms with Crippen LogP contribution in [0.15, 0.2) is 60.8 Å². The first kappa shape index (κ1) is 19.8. The van der Waals surface area contributed by atoms with Crippen molar-refractivity contribution in [3.63, 3.8) is 0 Å². The predicted molar refractivity (Wildman–Crippen MR) is 116 cm³/mol. The number of benzene rings is 2. The molecule has 4 heterocycles. The molecule has 0 radical (unpaired) electrons. The van der Waals surface area contributed by atoms with E-state index in [2.05, 4.69) is 15.6 Å². The van der Waals surface area contributed by atoms with Gasteiger partial charge in [0.2, 0.25) is 5.91 Å². The third-order valence-corrected chi connectivity index (χ3v) is 6.79. The fraction of sp³-hybridized carbons (Fsp3) is 0.375. The summed E-state index contributed by atoms with van der Waals surface area (Å²) < 4.78 is 1.90. The van der Waals surface area contributed by atoms with E-state index < -0.39 is 0 Å². The highest BCUT2D eigenvalue weighted by Crippen LogP contribution is 2.28. The summed E-state index contributed by atoms with van der Waals surface area (Å²) in [6, 6.07) is 17.6. The molecule has 7 heteroatoms. The van der Waals surface area contributed by atoms with Crippen LogP contribution >= 0.6 is 0 Å². The number of carbonyl (C=O) groups excluding carboxylic acids is 1. The standard InChI is InChI=1S/C24H27N5O2/c30-21-8-4-7-19(12-21)23-16-29(27-26-23)14-20-11-18-9-10-28(20)15-22(18)24(31)25-13-17-5-2-1-3-6-17/h1-8,12,16,18,20,22,30H,9-11,13-15H2,(H,25,31)/p+1/t18-,20-,22+/m1/s1. The van der Waals surface area contributed by atoms with Gasteiger partial charge in [0.05, 0.1) is 31.7 Å². The maximum atomic E-state index is 12.8. The number of nitrogens with one attached hydrogen (secondary N) is 2. The van der Waals surface area contributed by atoms with Gasteiger partial charge in [-0.05, 0) is 23.6 Å². The van der Waals surface area contributed by atoms with Gasteiger partial charge in [-0.1, -0.05) is 47.7 Å². The maximum Gasteiger partial charge on any atom is 0.229 e. The zero-order valence-electron chi connectivity index (χ0n) is 17.4. The van der Waals surface area contributed by atoms with Crippen LogP contribution in [-0.2, 0) is 17.9 Å². The van der Waals surface area contributed by atoms with Gasteiger partial charge < -0.3 is 15.3 Å². The number of hydrogen-bond acceptors (Lipinski definition) is 4. The molecule has 3 saturated heterocycles. The van der Waals surface area contributed by atoms with Crippen molar-refractivity contribution >= 4 is 5.91 Å². The predicted octanol–water partition coefficient (Wildman–Crippen LogP) is 1.26. The number of amides is 1. The molecule has 6 rings (SSSR count). The fourth-order valence-electron chi connectivity index (χ4n) is 5.15. The number of nitrogens with zero attached hydrogens (tertiary/aromatic N) is 3. The minimum Gasteiger partial charge on any atom is -0.508 e. The summed E-state index contributed by atoms with van der Waals surface area (Å²) in [4.78, 5) is 14.3. The Morgan fingerprint density at radius 3 is 2.84 bits per heavy atom. The van der Waals surface area contributed by atoms with Gasteiger partial charge in [0.25, 0.3) is 0 Å². The molecular formula is C24H28N5O2+. The zero-order valence-corrected chi connectivity index (χ0v) is 17.4. The summed E-state index contributed by atoms with van der Waals surface area (Å²) in [7, 11) is 0. The number of piperidine rings is 3. The molecule has 3 aromatic rings. The van der Waals surface area contributed by atoms with Crippen molar-refractivity contribution < 1.29 is 14.8 Å². The number of aromatic hydroxyl groups is 1. The van der Waals surface area contributed by atoms with Gasteiger partial charge in [-0.2, -0.15) is 0 Å². The molecule has 2 aromatic carbocycles. The van der Waals surface area contributed by atoms with Crippen LogP contribution in [0.3, 0.4) is 0 Å². The van der Waals surface area contributed by atoms with Crippen LogP contribution in [0.5, 0.6) is 5.75 Å². The molecule has 0 saturated carbocycles. The Kier molecular flexibility index (Phi) is 5.42.